The first kappa shape index (κ1) is 11.3. The predicted molar refractivity (Wildman–Crippen MR) is 60.7 cm³/mol. The van der Waals surface area contributed by atoms with Gasteiger partial charge in [0.1, 0.15) is 12.4 Å². The van der Waals surface area contributed by atoms with Crippen molar-refractivity contribution in [1.29, 1.82) is 0 Å². The normalized spacial score (nSPS) is 10.2. The topological polar surface area (TPSA) is 44.5 Å². The van der Waals surface area contributed by atoms with E-state index in [1.165, 1.54) is 0 Å². The number of benzene rings is 1. The van der Waals surface area contributed by atoms with E-state index >= 15 is 0 Å². The highest BCUT2D eigenvalue weighted by atomic mass is 79.9. The van der Waals surface area contributed by atoms with E-state index in [0.29, 0.717) is 24.7 Å². The minimum atomic E-state index is 0.510. The number of nitrogens with two attached hydrogens (primary N) is 1. The van der Waals surface area contributed by atoms with E-state index in [0.717, 1.165) is 10.0 Å². The molecule has 2 N–H and O–H groups in total. The smallest absolute Gasteiger partial charge is 0.143 e. The molecule has 0 aliphatic heterocycles. The molecule has 0 bridgehead atoms. The van der Waals surface area contributed by atoms with Crippen molar-refractivity contribution >= 4 is 21.6 Å². The van der Waals surface area contributed by atoms with Crippen LogP contribution in [0.25, 0.3) is 0 Å². The van der Waals surface area contributed by atoms with Crippen molar-refractivity contribution in [3.8, 4) is 5.75 Å². The molecule has 0 atom stereocenters. The molecule has 14 heavy (non-hydrogen) atoms. The van der Waals surface area contributed by atoms with Gasteiger partial charge in [0.15, 0.2) is 0 Å². The lowest BCUT2D eigenvalue weighted by atomic mass is 10.2. The highest BCUT2D eigenvalue weighted by Crippen LogP contribution is 2.28. The lowest BCUT2D eigenvalue weighted by molar-refractivity contribution is 0.146. The molecule has 3 nitrogen and oxygen atoms in total. The number of anilines is 1. The average Bonchev–Trinajstić information content (AvgIpc) is 2.14. The minimum absolute atomic E-state index is 0.510. The summed E-state index contributed by atoms with van der Waals surface area (Å²) in [6.07, 6.45) is 0. The first-order valence-corrected chi connectivity index (χ1v) is 5.12. The molecule has 1 aromatic rings. The van der Waals surface area contributed by atoms with Gasteiger partial charge in [0, 0.05) is 11.6 Å². The van der Waals surface area contributed by atoms with Crippen LogP contribution in [0.1, 0.15) is 5.56 Å². The average molecular weight is 260 g/mol. The molecule has 0 radical (unpaired) electrons. The number of aryl methyl sites for hydroxylation is 1. The largest absolute Gasteiger partial charge is 0.489 e. The zero-order chi connectivity index (χ0) is 10.6. The van der Waals surface area contributed by atoms with E-state index in [1.807, 2.05) is 19.1 Å². The molecule has 0 aliphatic rings. The maximum absolute atomic E-state index is 5.79. The van der Waals surface area contributed by atoms with Crippen LogP contribution in [-0.2, 0) is 4.74 Å². The van der Waals surface area contributed by atoms with Crippen molar-refractivity contribution < 1.29 is 9.47 Å². The Hall–Kier alpha value is -0.740. The molecule has 4 heteroatoms. The van der Waals surface area contributed by atoms with Gasteiger partial charge in [-0.1, -0.05) is 15.9 Å². The number of hydrogen-bond donors (Lipinski definition) is 1. The summed E-state index contributed by atoms with van der Waals surface area (Å²) < 4.78 is 11.3. The van der Waals surface area contributed by atoms with Crippen LogP contribution in [0.5, 0.6) is 5.75 Å². The van der Waals surface area contributed by atoms with Crippen molar-refractivity contribution in [3.63, 3.8) is 0 Å². The molecule has 0 aromatic heterocycles. The molecule has 78 valence electrons. The zero-order valence-electron chi connectivity index (χ0n) is 8.34. The van der Waals surface area contributed by atoms with Crippen molar-refractivity contribution in [3.05, 3.63) is 22.2 Å². The molecule has 0 aliphatic carbocycles. The first-order chi connectivity index (χ1) is 6.65. The highest BCUT2D eigenvalue weighted by Gasteiger charge is 2.03. The van der Waals surface area contributed by atoms with Crippen LogP contribution in [0.15, 0.2) is 16.6 Å². The van der Waals surface area contributed by atoms with Gasteiger partial charge < -0.3 is 15.2 Å². The Morgan fingerprint density at radius 2 is 2.07 bits per heavy atom. The Morgan fingerprint density at radius 3 is 2.71 bits per heavy atom. The van der Waals surface area contributed by atoms with Gasteiger partial charge in [0.25, 0.3) is 0 Å². The van der Waals surface area contributed by atoms with Crippen molar-refractivity contribution in [2.24, 2.45) is 0 Å². The Kier molecular flexibility index (Phi) is 4.22. The summed E-state index contributed by atoms with van der Waals surface area (Å²) in [5, 5.41) is 0. The summed E-state index contributed by atoms with van der Waals surface area (Å²) in [6.45, 7) is 3.06. The second-order valence-corrected chi connectivity index (χ2v) is 3.83. The van der Waals surface area contributed by atoms with E-state index < -0.39 is 0 Å². The molecular formula is C10H14BrNO2. The third kappa shape index (κ3) is 2.89. The van der Waals surface area contributed by atoms with Crippen molar-refractivity contribution in [1.82, 2.24) is 0 Å². The fraction of sp³-hybridized carbons (Fsp3) is 0.400. The Labute approximate surface area is 92.3 Å². The molecular weight excluding hydrogens is 246 g/mol. The van der Waals surface area contributed by atoms with Gasteiger partial charge in [-0.3, -0.25) is 0 Å². The van der Waals surface area contributed by atoms with Gasteiger partial charge in [-0.25, -0.2) is 0 Å². The van der Waals surface area contributed by atoms with Crippen LogP contribution in [-0.4, -0.2) is 20.3 Å². The number of rotatable bonds is 4. The maximum Gasteiger partial charge on any atom is 0.143 e. The van der Waals surface area contributed by atoms with Crippen LogP contribution in [0.3, 0.4) is 0 Å². The highest BCUT2D eigenvalue weighted by molar-refractivity contribution is 9.10. The third-order valence-electron chi connectivity index (χ3n) is 1.84. The van der Waals surface area contributed by atoms with Gasteiger partial charge in [-0.15, -0.1) is 0 Å². The molecule has 0 spiro atoms. The van der Waals surface area contributed by atoms with Gasteiger partial charge >= 0.3 is 0 Å². The molecule has 0 saturated carbocycles. The van der Waals surface area contributed by atoms with E-state index in [9.17, 15) is 0 Å². The van der Waals surface area contributed by atoms with Crippen LogP contribution >= 0.6 is 15.9 Å². The number of ether oxygens (including phenoxy) is 2. The van der Waals surface area contributed by atoms with Crippen molar-refractivity contribution in [2.45, 2.75) is 6.92 Å². The zero-order valence-corrected chi connectivity index (χ0v) is 9.93. The standard InChI is InChI=1S/C10H14BrNO2/c1-7-5-9(12)10(6-8(7)11)14-4-3-13-2/h5-6H,3-4,12H2,1-2H3. The van der Waals surface area contributed by atoms with E-state index in [1.54, 1.807) is 7.11 Å². The monoisotopic (exact) mass is 259 g/mol. The summed E-state index contributed by atoms with van der Waals surface area (Å²) >= 11 is 3.42. The summed E-state index contributed by atoms with van der Waals surface area (Å²) in [5.74, 6) is 0.694. The van der Waals surface area contributed by atoms with E-state index in [-0.39, 0.29) is 0 Å². The summed E-state index contributed by atoms with van der Waals surface area (Å²) in [5.41, 5.74) is 7.54. The van der Waals surface area contributed by atoms with Gasteiger partial charge in [-0.05, 0) is 24.6 Å². The van der Waals surface area contributed by atoms with Gasteiger partial charge in [0.2, 0.25) is 0 Å². The summed E-state index contributed by atoms with van der Waals surface area (Å²) in [4.78, 5) is 0. The third-order valence-corrected chi connectivity index (χ3v) is 2.69. The second-order valence-electron chi connectivity index (χ2n) is 2.98. The van der Waals surface area contributed by atoms with Crippen molar-refractivity contribution in [2.75, 3.05) is 26.1 Å². The number of halogens is 1. The van der Waals surface area contributed by atoms with Gasteiger partial charge in [-0.2, -0.15) is 0 Å². The first-order valence-electron chi connectivity index (χ1n) is 4.32. The molecule has 1 rings (SSSR count). The molecule has 0 amide bonds. The fourth-order valence-corrected chi connectivity index (χ4v) is 1.37. The van der Waals surface area contributed by atoms with E-state index in [2.05, 4.69) is 15.9 Å². The summed E-state index contributed by atoms with van der Waals surface area (Å²) in [7, 11) is 1.64. The van der Waals surface area contributed by atoms with Crippen LogP contribution in [0.4, 0.5) is 5.69 Å². The van der Waals surface area contributed by atoms with Crippen LogP contribution in [0, 0.1) is 6.92 Å². The Bertz CT molecular complexity index is 315. The lowest BCUT2D eigenvalue weighted by Crippen LogP contribution is -2.06. The maximum atomic E-state index is 5.79. The SMILES string of the molecule is COCCOc1cc(Br)c(C)cc1N. The molecule has 0 heterocycles. The van der Waals surface area contributed by atoms with Crippen LogP contribution < -0.4 is 10.5 Å². The fourth-order valence-electron chi connectivity index (χ4n) is 1.05. The minimum Gasteiger partial charge on any atom is -0.489 e. The Morgan fingerprint density at radius 1 is 1.36 bits per heavy atom. The molecule has 0 unspecified atom stereocenters. The number of hydrogen-bond acceptors (Lipinski definition) is 3. The van der Waals surface area contributed by atoms with Gasteiger partial charge in [0.05, 0.1) is 12.3 Å². The summed E-state index contributed by atoms with van der Waals surface area (Å²) in [6, 6.07) is 3.76. The quantitative estimate of drug-likeness (QED) is 0.667. The molecule has 0 fully saturated rings. The predicted octanol–water partition coefficient (Wildman–Crippen LogP) is 2.36. The molecule has 1 aromatic carbocycles. The Balaban J connectivity index is 2.72. The lowest BCUT2D eigenvalue weighted by Gasteiger charge is -2.10. The second kappa shape index (κ2) is 5.22. The van der Waals surface area contributed by atoms with Crippen LogP contribution in [0.2, 0.25) is 0 Å². The number of methoxy groups -OCH3 is 1. The molecule has 0 saturated heterocycles. The number of nitrogen functional groups attached to an aromatic ring is 1. The van der Waals surface area contributed by atoms with E-state index in [4.69, 9.17) is 15.2 Å².